The number of benzene rings is 1. The number of esters is 1. The highest BCUT2D eigenvalue weighted by molar-refractivity contribution is 6.30. The number of halogens is 2. The molecule has 0 bridgehead atoms. The van der Waals surface area contributed by atoms with Crippen LogP contribution in [-0.4, -0.2) is 23.7 Å². The second-order valence-corrected chi connectivity index (χ2v) is 3.97. The molecule has 1 N–H and O–H groups in total. The fraction of sp³-hybridized carbons (Fsp3) is 0.333. The lowest BCUT2D eigenvalue weighted by Gasteiger charge is -2.12. The average Bonchev–Trinajstić information content (AvgIpc) is 2.30. The Balaban J connectivity index is 2.94. The molecular formula is C12H12ClFO4. The van der Waals surface area contributed by atoms with Gasteiger partial charge < -0.3 is 9.84 Å². The molecule has 0 radical (unpaired) electrons. The highest BCUT2D eigenvalue weighted by Crippen LogP contribution is 2.21. The van der Waals surface area contributed by atoms with Crippen molar-refractivity contribution in [2.45, 2.75) is 13.3 Å². The minimum atomic E-state index is -1.43. The van der Waals surface area contributed by atoms with Gasteiger partial charge in [-0.3, -0.25) is 9.59 Å². The van der Waals surface area contributed by atoms with Gasteiger partial charge in [0.25, 0.3) is 0 Å². The second-order valence-electron chi connectivity index (χ2n) is 3.56. The molecule has 1 aromatic rings. The van der Waals surface area contributed by atoms with Crippen LogP contribution in [0.5, 0.6) is 0 Å². The molecule has 0 heterocycles. The van der Waals surface area contributed by atoms with Gasteiger partial charge in [-0.15, -0.1) is 0 Å². The molecule has 4 nitrogen and oxygen atoms in total. The van der Waals surface area contributed by atoms with Crippen molar-refractivity contribution in [2.24, 2.45) is 5.92 Å². The number of aliphatic carboxylic acids is 1. The Morgan fingerprint density at radius 1 is 1.50 bits per heavy atom. The standard InChI is InChI=1S/C12H12ClFO4/c1-2-18-12(17)8(11(15)16)6-7-4-3-5-9(13)10(7)14/h3-5,8H,2,6H2,1H3,(H,15,16). The molecule has 18 heavy (non-hydrogen) atoms. The molecule has 1 aromatic carbocycles. The fourth-order valence-electron chi connectivity index (χ4n) is 1.44. The summed E-state index contributed by atoms with van der Waals surface area (Å²) in [5, 5.41) is 8.82. The lowest BCUT2D eigenvalue weighted by Crippen LogP contribution is -2.28. The van der Waals surface area contributed by atoms with Crippen molar-refractivity contribution in [1.82, 2.24) is 0 Å². The highest BCUT2D eigenvalue weighted by Gasteiger charge is 2.29. The minimum absolute atomic E-state index is 0.0701. The van der Waals surface area contributed by atoms with Gasteiger partial charge in [0.1, 0.15) is 5.82 Å². The number of hydrogen-bond acceptors (Lipinski definition) is 3. The van der Waals surface area contributed by atoms with Gasteiger partial charge in [0.05, 0.1) is 11.6 Å². The molecule has 0 aliphatic heterocycles. The molecule has 0 aliphatic rings. The summed E-state index contributed by atoms with van der Waals surface area (Å²) in [6, 6.07) is 4.22. The summed E-state index contributed by atoms with van der Waals surface area (Å²) in [4.78, 5) is 22.4. The van der Waals surface area contributed by atoms with Gasteiger partial charge in [-0.2, -0.15) is 0 Å². The molecule has 0 amide bonds. The third-order valence-corrected chi connectivity index (χ3v) is 2.62. The summed E-state index contributed by atoms with van der Waals surface area (Å²) in [6.45, 7) is 1.64. The van der Waals surface area contributed by atoms with Crippen molar-refractivity contribution in [3.63, 3.8) is 0 Å². The predicted molar refractivity (Wildman–Crippen MR) is 62.9 cm³/mol. The van der Waals surface area contributed by atoms with E-state index in [4.69, 9.17) is 16.7 Å². The van der Waals surface area contributed by atoms with Gasteiger partial charge in [0, 0.05) is 0 Å². The van der Waals surface area contributed by atoms with Crippen LogP contribution in [0.15, 0.2) is 18.2 Å². The zero-order valence-corrected chi connectivity index (χ0v) is 10.4. The van der Waals surface area contributed by atoms with Crippen LogP contribution < -0.4 is 0 Å². The maximum absolute atomic E-state index is 13.6. The molecular weight excluding hydrogens is 263 g/mol. The lowest BCUT2D eigenvalue weighted by molar-refractivity contribution is -0.158. The Morgan fingerprint density at radius 2 is 2.17 bits per heavy atom. The monoisotopic (exact) mass is 274 g/mol. The van der Waals surface area contributed by atoms with Crippen molar-refractivity contribution in [3.05, 3.63) is 34.6 Å². The number of carboxylic acids is 1. The summed E-state index contributed by atoms with van der Waals surface area (Å²) in [5.74, 6) is -4.38. The van der Waals surface area contributed by atoms with Crippen LogP contribution in [0.1, 0.15) is 12.5 Å². The summed E-state index contributed by atoms with van der Waals surface area (Å²) in [6.07, 6.45) is -0.291. The Morgan fingerprint density at radius 3 is 2.72 bits per heavy atom. The first-order valence-corrected chi connectivity index (χ1v) is 5.67. The first kappa shape index (κ1) is 14.4. The van der Waals surface area contributed by atoms with E-state index in [0.29, 0.717) is 0 Å². The van der Waals surface area contributed by atoms with Crippen molar-refractivity contribution < 1.29 is 23.8 Å². The van der Waals surface area contributed by atoms with E-state index in [0.717, 1.165) is 0 Å². The van der Waals surface area contributed by atoms with Crippen LogP contribution in [-0.2, 0) is 20.7 Å². The quantitative estimate of drug-likeness (QED) is 0.661. The van der Waals surface area contributed by atoms with E-state index in [1.54, 1.807) is 6.92 Å². The van der Waals surface area contributed by atoms with Crippen LogP contribution in [0.3, 0.4) is 0 Å². The average molecular weight is 275 g/mol. The number of carbonyl (C=O) groups excluding carboxylic acids is 1. The van der Waals surface area contributed by atoms with Crippen molar-refractivity contribution in [2.75, 3.05) is 6.61 Å². The SMILES string of the molecule is CCOC(=O)C(Cc1cccc(Cl)c1F)C(=O)O. The van der Waals surface area contributed by atoms with Gasteiger partial charge in [-0.1, -0.05) is 23.7 Å². The Kier molecular flexibility index (Phi) is 5.09. The molecule has 98 valence electrons. The number of rotatable bonds is 5. The largest absolute Gasteiger partial charge is 0.481 e. The zero-order valence-electron chi connectivity index (χ0n) is 9.65. The van der Waals surface area contributed by atoms with Crippen molar-refractivity contribution in [1.29, 1.82) is 0 Å². The molecule has 1 unspecified atom stereocenters. The van der Waals surface area contributed by atoms with Crippen LogP contribution >= 0.6 is 11.6 Å². The third-order valence-electron chi connectivity index (χ3n) is 2.32. The maximum atomic E-state index is 13.6. The fourth-order valence-corrected chi connectivity index (χ4v) is 1.63. The Bertz CT molecular complexity index is 461. The molecule has 0 saturated heterocycles. The van der Waals surface area contributed by atoms with Gasteiger partial charge in [-0.05, 0) is 25.0 Å². The summed E-state index contributed by atoms with van der Waals surface area (Å²) < 4.78 is 18.2. The molecule has 0 aromatic heterocycles. The van der Waals surface area contributed by atoms with E-state index in [1.807, 2.05) is 0 Å². The topological polar surface area (TPSA) is 63.6 Å². The number of ether oxygens (including phenoxy) is 1. The van der Waals surface area contributed by atoms with E-state index in [2.05, 4.69) is 4.74 Å². The Labute approximate surface area is 108 Å². The number of carbonyl (C=O) groups is 2. The molecule has 6 heteroatoms. The zero-order chi connectivity index (χ0) is 13.7. The van der Waals surface area contributed by atoms with Crippen LogP contribution in [0.4, 0.5) is 4.39 Å². The van der Waals surface area contributed by atoms with Gasteiger partial charge in [0.2, 0.25) is 0 Å². The van der Waals surface area contributed by atoms with Crippen LogP contribution in [0.25, 0.3) is 0 Å². The number of carboxylic acid groups (broad SMARTS) is 1. The van der Waals surface area contributed by atoms with Crippen LogP contribution in [0, 0.1) is 11.7 Å². The molecule has 0 aliphatic carbocycles. The smallest absolute Gasteiger partial charge is 0.320 e. The van der Waals surface area contributed by atoms with Gasteiger partial charge in [-0.25, -0.2) is 4.39 Å². The lowest BCUT2D eigenvalue weighted by atomic mass is 9.99. The Hall–Kier alpha value is -1.62. The summed E-state index contributed by atoms with van der Waals surface area (Å²) in [5.41, 5.74) is 0.0722. The molecule has 0 saturated carbocycles. The van der Waals surface area contributed by atoms with Gasteiger partial charge >= 0.3 is 11.9 Å². The highest BCUT2D eigenvalue weighted by atomic mass is 35.5. The first-order valence-electron chi connectivity index (χ1n) is 5.29. The number of hydrogen-bond donors (Lipinski definition) is 1. The summed E-state index contributed by atoms with van der Waals surface area (Å²) in [7, 11) is 0. The second kappa shape index (κ2) is 6.35. The minimum Gasteiger partial charge on any atom is -0.481 e. The van der Waals surface area contributed by atoms with Crippen molar-refractivity contribution in [3.8, 4) is 0 Å². The molecule has 1 rings (SSSR count). The molecule has 1 atom stereocenters. The van der Waals surface area contributed by atoms with Crippen molar-refractivity contribution >= 4 is 23.5 Å². The van der Waals surface area contributed by atoms with E-state index >= 15 is 0 Å². The van der Waals surface area contributed by atoms with E-state index in [9.17, 15) is 14.0 Å². The van der Waals surface area contributed by atoms with E-state index in [1.165, 1.54) is 18.2 Å². The predicted octanol–water partition coefficient (Wildman–Crippen LogP) is 2.29. The molecule has 0 spiro atoms. The normalized spacial score (nSPS) is 11.9. The maximum Gasteiger partial charge on any atom is 0.320 e. The first-order chi connectivity index (χ1) is 8.47. The molecule has 0 fully saturated rings. The third kappa shape index (κ3) is 3.43. The van der Waals surface area contributed by atoms with Crippen LogP contribution in [0.2, 0.25) is 5.02 Å². The van der Waals surface area contributed by atoms with Gasteiger partial charge in [0.15, 0.2) is 5.92 Å². The van der Waals surface area contributed by atoms with E-state index in [-0.39, 0.29) is 23.6 Å². The van der Waals surface area contributed by atoms with E-state index < -0.39 is 23.7 Å². The summed E-state index contributed by atoms with van der Waals surface area (Å²) >= 11 is 5.58.